The quantitative estimate of drug-likeness (QED) is 0.590. The maximum Gasteiger partial charge on any atom is 0.0208 e. The van der Waals surface area contributed by atoms with Crippen LogP contribution in [0.25, 0.3) is 0 Å². The van der Waals surface area contributed by atoms with Gasteiger partial charge in [-0.15, -0.1) is 0 Å². The number of hydrogen-bond acceptors (Lipinski definition) is 1. The fourth-order valence-electron chi connectivity index (χ4n) is 2.46. The summed E-state index contributed by atoms with van der Waals surface area (Å²) in [5.74, 6) is 1.69. The Bertz CT molecular complexity index is 140. The highest BCUT2D eigenvalue weighted by atomic mass is 14.8. The van der Waals surface area contributed by atoms with Gasteiger partial charge in [0.2, 0.25) is 0 Å². The van der Waals surface area contributed by atoms with Crippen molar-refractivity contribution in [3.63, 3.8) is 0 Å². The van der Waals surface area contributed by atoms with Crippen LogP contribution in [-0.4, -0.2) is 5.54 Å². The van der Waals surface area contributed by atoms with E-state index in [-0.39, 0.29) is 5.54 Å². The van der Waals surface area contributed by atoms with Gasteiger partial charge in [0.05, 0.1) is 0 Å². The molecule has 0 radical (unpaired) electrons. The van der Waals surface area contributed by atoms with Crippen molar-refractivity contribution in [2.45, 2.75) is 44.6 Å². The topological polar surface area (TPSA) is 26.0 Å². The molecule has 2 aliphatic carbocycles. The molecule has 2 unspecified atom stereocenters. The second-order valence-electron chi connectivity index (χ2n) is 4.18. The fraction of sp³-hybridized carbons (Fsp3) is 1.00. The minimum Gasteiger partial charge on any atom is -0.325 e. The average molecular weight is 139 g/mol. The Morgan fingerprint density at radius 2 is 2.00 bits per heavy atom. The van der Waals surface area contributed by atoms with Crippen LogP contribution in [0, 0.1) is 11.8 Å². The lowest BCUT2D eigenvalue weighted by Crippen LogP contribution is -2.44. The molecule has 0 heterocycles. The molecule has 2 N–H and O–H groups in total. The normalized spacial score (nSPS) is 48.0. The Kier molecular flexibility index (Phi) is 1.31. The van der Waals surface area contributed by atoms with Crippen LogP contribution in [-0.2, 0) is 0 Å². The lowest BCUT2D eigenvalue weighted by atomic mass is 9.85. The van der Waals surface area contributed by atoms with Gasteiger partial charge in [-0.2, -0.15) is 0 Å². The van der Waals surface area contributed by atoms with Crippen molar-refractivity contribution in [3.8, 4) is 0 Å². The summed E-state index contributed by atoms with van der Waals surface area (Å²) < 4.78 is 0. The molecule has 0 aromatic carbocycles. The molecule has 0 aromatic heterocycles. The highest BCUT2D eigenvalue weighted by Gasteiger charge is 2.47. The predicted molar refractivity (Wildman–Crippen MR) is 42.7 cm³/mol. The van der Waals surface area contributed by atoms with E-state index in [2.05, 4.69) is 6.92 Å². The zero-order valence-electron chi connectivity index (χ0n) is 6.77. The molecule has 0 amide bonds. The first-order chi connectivity index (χ1) is 4.73. The predicted octanol–water partition coefficient (Wildman–Crippen LogP) is 1.91. The summed E-state index contributed by atoms with van der Waals surface area (Å²) in [4.78, 5) is 0. The van der Waals surface area contributed by atoms with Crippen LogP contribution in [0.15, 0.2) is 0 Å². The van der Waals surface area contributed by atoms with E-state index in [4.69, 9.17) is 5.73 Å². The maximum absolute atomic E-state index is 6.31. The minimum atomic E-state index is 0.264. The van der Waals surface area contributed by atoms with E-state index in [0.717, 1.165) is 11.8 Å². The standard InChI is InChI=1S/C9H17N/c1-7-3-2-6-9(7,10)8-4-5-8/h7-8H,2-6,10H2,1H3. The molecule has 2 aliphatic rings. The number of rotatable bonds is 1. The number of nitrogens with two attached hydrogens (primary N) is 1. The van der Waals surface area contributed by atoms with Crippen LogP contribution in [0.4, 0.5) is 0 Å². The van der Waals surface area contributed by atoms with Gasteiger partial charge < -0.3 is 5.73 Å². The molecule has 0 aromatic rings. The Labute approximate surface area is 63.0 Å². The van der Waals surface area contributed by atoms with Gasteiger partial charge in [-0.3, -0.25) is 0 Å². The molecule has 2 atom stereocenters. The van der Waals surface area contributed by atoms with Crippen LogP contribution in [0.5, 0.6) is 0 Å². The van der Waals surface area contributed by atoms with Gasteiger partial charge >= 0.3 is 0 Å². The van der Waals surface area contributed by atoms with Gasteiger partial charge in [0.15, 0.2) is 0 Å². The molecule has 0 saturated heterocycles. The van der Waals surface area contributed by atoms with Crippen molar-refractivity contribution in [3.05, 3.63) is 0 Å². The van der Waals surface area contributed by atoms with E-state index in [0.29, 0.717) is 0 Å². The smallest absolute Gasteiger partial charge is 0.0208 e. The van der Waals surface area contributed by atoms with E-state index in [1.165, 1.54) is 32.1 Å². The molecule has 58 valence electrons. The van der Waals surface area contributed by atoms with Crippen molar-refractivity contribution >= 4 is 0 Å². The van der Waals surface area contributed by atoms with Gasteiger partial charge in [-0.25, -0.2) is 0 Å². The van der Waals surface area contributed by atoms with Crippen molar-refractivity contribution in [1.82, 2.24) is 0 Å². The third kappa shape index (κ3) is 0.800. The Morgan fingerprint density at radius 3 is 2.40 bits per heavy atom. The van der Waals surface area contributed by atoms with Crippen LogP contribution < -0.4 is 5.73 Å². The molecular formula is C9H17N. The van der Waals surface area contributed by atoms with Crippen LogP contribution >= 0.6 is 0 Å². The van der Waals surface area contributed by atoms with Crippen molar-refractivity contribution in [2.75, 3.05) is 0 Å². The van der Waals surface area contributed by atoms with Crippen molar-refractivity contribution in [2.24, 2.45) is 17.6 Å². The summed E-state index contributed by atoms with van der Waals surface area (Å²) >= 11 is 0. The molecule has 1 nitrogen and oxygen atoms in total. The van der Waals surface area contributed by atoms with Crippen LogP contribution in [0.3, 0.4) is 0 Å². The zero-order chi connectivity index (χ0) is 7.19. The Balaban J connectivity index is 2.10. The lowest BCUT2D eigenvalue weighted by molar-refractivity contribution is 0.295. The maximum atomic E-state index is 6.31. The second kappa shape index (κ2) is 1.97. The average Bonchev–Trinajstić information content (AvgIpc) is 2.65. The zero-order valence-corrected chi connectivity index (χ0v) is 6.77. The van der Waals surface area contributed by atoms with Gasteiger partial charge in [-0.05, 0) is 37.5 Å². The summed E-state index contributed by atoms with van der Waals surface area (Å²) in [7, 11) is 0. The van der Waals surface area contributed by atoms with E-state index < -0.39 is 0 Å². The van der Waals surface area contributed by atoms with Crippen molar-refractivity contribution in [1.29, 1.82) is 0 Å². The van der Waals surface area contributed by atoms with E-state index in [1.54, 1.807) is 0 Å². The minimum absolute atomic E-state index is 0.264. The third-order valence-electron chi connectivity index (χ3n) is 3.50. The first kappa shape index (κ1) is 6.66. The van der Waals surface area contributed by atoms with E-state index in [1.807, 2.05) is 0 Å². The number of hydrogen-bond donors (Lipinski definition) is 1. The first-order valence-electron chi connectivity index (χ1n) is 4.52. The van der Waals surface area contributed by atoms with Gasteiger partial charge in [0.25, 0.3) is 0 Å². The van der Waals surface area contributed by atoms with Crippen molar-refractivity contribution < 1.29 is 0 Å². The molecule has 2 saturated carbocycles. The monoisotopic (exact) mass is 139 g/mol. The van der Waals surface area contributed by atoms with Gasteiger partial charge in [0, 0.05) is 5.54 Å². The molecule has 0 aliphatic heterocycles. The lowest BCUT2D eigenvalue weighted by Gasteiger charge is -2.28. The molecule has 2 fully saturated rings. The third-order valence-corrected chi connectivity index (χ3v) is 3.50. The van der Waals surface area contributed by atoms with Crippen LogP contribution in [0.2, 0.25) is 0 Å². The highest BCUT2D eigenvalue weighted by Crippen LogP contribution is 2.49. The van der Waals surface area contributed by atoms with Gasteiger partial charge in [-0.1, -0.05) is 13.3 Å². The van der Waals surface area contributed by atoms with E-state index in [9.17, 15) is 0 Å². The second-order valence-corrected chi connectivity index (χ2v) is 4.18. The van der Waals surface area contributed by atoms with E-state index >= 15 is 0 Å². The summed E-state index contributed by atoms with van der Waals surface area (Å²) in [5.41, 5.74) is 6.57. The Morgan fingerprint density at radius 1 is 1.30 bits per heavy atom. The highest BCUT2D eigenvalue weighted by molar-refractivity contribution is 5.04. The SMILES string of the molecule is CC1CCCC1(N)C1CC1. The Hall–Kier alpha value is -0.0400. The van der Waals surface area contributed by atoms with Crippen LogP contribution in [0.1, 0.15) is 39.0 Å². The first-order valence-corrected chi connectivity index (χ1v) is 4.52. The molecular weight excluding hydrogens is 122 g/mol. The molecule has 2 rings (SSSR count). The van der Waals surface area contributed by atoms with Gasteiger partial charge in [0.1, 0.15) is 0 Å². The summed E-state index contributed by atoms with van der Waals surface area (Å²) in [6.45, 7) is 2.32. The molecule has 10 heavy (non-hydrogen) atoms. The summed E-state index contributed by atoms with van der Waals surface area (Å²) in [6.07, 6.45) is 6.84. The molecule has 0 spiro atoms. The molecule has 1 heteroatoms. The largest absolute Gasteiger partial charge is 0.325 e. The fourth-order valence-corrected chi connectivity index (χ4v) is 2.46. The summed E-state index contributed by atoms with van der Waals surface area (Å²) in [6, 6.07) is 0. The summed E-state index contributed by atoms with van der Waals surface area (Å²) in [5, 5.41) is 0. The molecule has 0 bridgehead atoms.